The predicted molar refractivity (Wildman–Crippen MR) is 93.2 cm³/mol. The summed E-state index contributed by atoms with van der Waals surface area (Å²) in [5, 5.41) is 14.8. The molecule has 1 aliphatic rings. The molecule has 1 fully saturated rings. The summed E-state index contributed by atoms with van der Waals surface area (Å²) in [6.45, 7) is 6.35. The van der Waals surface area contributed by atoms with E-state index in [-0.39, 0.29) is 5.57 Å². The van der Waals surface area contributed by atoms with Gasteiger partial charge in [0, 0.05) is 32.4 Å². The van der Waals surface area contributed by atoms with Crippen molar-refractivity contribution in [2.75, 3.05) is 50.4 Å². The number of anilines is 2. The molecule has 1 aromatic carbocycles. The number of benzene rings is 1. The van der Waals surface area contributed by atoms with Crippen molar-refractivity contribution >= 4 is 17.3 Å². The van der Waals surface area contributed by atoms with Crippen molar-refractivity contribution in [1.29, 1.82) is 5.26 Å². The predicted octanol–water partition coefficient (Wildman–Crippen LogP) is 0.845. The van der Waals surface area contributed by atoms with E-state index in [0.717, 1.165) is 38.4 Å². The first kappa shape index (κ1) is 17.8. The van der Waals surface area contributed by atoms with Crippen LogP contribution in [-0.4, -0.2) is 50.2 Å². The van der Waals surface area contributed by atoms with Gasteiger partial charge in [-0.1, -0.05) is 6.07 Å². The number of amides is 1. The minimum Gasteiger partial charge on any atom is -0.397 e. The zero-order chi connectivity index (χ0) is 17.4. The highest BCUT2D eigenvalue weighted by Gasteiger charge is 2.12. The monoisotopic (exact) mass is 329 g/mol. The number of morpholine rings is 1. The van der Waals surface area contributed by atoms with Gasteiger partial charge in [0.15, 0.2) is 0 Å². The van der Waals surface area contributed by atoms with Gasteiger partial charge in [-0.05, 0) is 24.6 Å². The number of nitrogens with zero attached hydrogens (tertiary/aromatic N) is 2. The second-order valence-electron chi connectivity index (χ2n) is 5.61. The Morgan fingerprint density at radius 2 is 2.21 bits per heavy atom. The Labute approximate surface area is 142 Å². The molecule has 7 nitrogen and oxygen atoms in total. The van der Waals surface area contributed by atoms with Gasteiger partial charge in [-0.15, -0.1) is 0 Å². The summed E-state index contributed by atoms with van der Waals surface area (Å²) in [4.78, 5) is 14.3. The average molecular weight is 329 g/mol. The van der Waals surface area contributed by atoms with Crippen LogP contribution in [0.3, 0.4) is 0 Å². The zero-order valence-corrected chi connectivity index (χ0v) is 13.8. The maximum Gasteiger partial charge on any atom is 0.263 e. The van der Waals surface area contributed by atoms with Crippen LogP contribution >= 0.6 is 0 Å². The lowest BCUT2D eigenvalue weighted by Crippen LogP contribution is -2.41. The fourth-order valence-corrected chi connectivity index (χ4v) is 2.36. The lowest BCUT2D eigenvalue weighted by Gasteiger charge is -2.26. The second kappa shape index (κ2) is 8.91. The lowest BCUT2D eigenvalue weighted by molar-refractivity contribution is -0.117. The molecule has 0 aromatic heterocycles. The Hall–Kier alpha value is -2.56. The number of carbonyl (C=O) groups is 1. The van der Waals surface area contributed by atoms with E-state index in [1.807, 2.05) is 31.2 Å². The van der Waals surface area contributed by atoms with Crippen molar-refractivity contribution < 1.29 is 9.53 Å². The van der Waals surface area contributed by atoms with Crippen molar-refractivity contribution in [3.05, 3.63) is 35.5 Å². The van der Waals surface area contributed by atoms with E-state index in [9.17, 15) is 4.79 Å². The molecule has 7 heteroatoms. The fourth-order valence-electron chi connectivity index (χ4n) is 2.36. The molecule has 2 rings (SSSR count). The third-order valence-corrected chi connectivity index (χ3v) is 3.76. The van der Waals surface area contributed by atoms with Gasteiger partial charge in [0.2, 0.25) is 0 Å². The highest BCUT2D eigenvalue weighted by atomic mass is 16.5. The Balaban J connectivity index is 1.85. The number of ether oxygens (including phenoxy) is 1. The molecule has 1 aliphatic heterocycles. The van der Waals surface area contributed by atoms with Gasteiger partial charge in [0.05, 0.1) is 24.6 Å². The van der Waals surface area contributed by atoms with Gasteiger partial charge in [-0.2, -0.15) is 5.26 Å². The fraction of sp³-hybridized carbons (Fsp3) is 0.412. The number of nitrogens with one attached hydrogen (secondary N) is 2. The molecular weight excluding hydrogens is 306 g/mol. The highest BCUT2D eigenvalue weighted by molar-refractivity contribution is 5.97. The van der Waals surface area contributed by atoms with Gasteiger partial charge in [0.1, 0.15) is 11.6 Å². The molecule has 1 heterocycles. The smallest absolute Gasteiger partial charge is 0.263 e. The van der Waals surface area contributed by atoms with Gasteiger partial charge < -0.3 is 21.1 Å². The Bertz CT molecular complexity index is 645. The van der Waals surface area contributed by atoms with Crippen molar-refractivity contribution in [3.8, 4) is 6.07 Å². The maximum atomic E-state index is 12.1. The minimum atomic E-state index is -0.399. The molecule has 0 radical (unpaired) electrons. The van der Waals surface area contributed by atoms with E-state index < -0.39 is 5.91 Å². The number of nitrogen functional groups attached to an aromatic ring is 1. The van der Waals surface area contributed by atoms with Crippen LogP contribution in [0.25, 0.3) is 0 Å². The molecule has 0 unspecified atom stereocenters. The van der Waals surface area contributed by atoms with E-state index in [0.29, 0.717) is 17.9 Å². The molecule has 24 heavy (non-hydrogen) atoms. The van der Waals surface area contributed by atoms with Crippen molar-refractivity contribution in [3.63, 3.8) is 0 Å². The minimum absolute atomic E-state index is 0.0111. The number of aryl methyl sites for hydroxylation is 1. The van der Waals surface area contributed by atoms with Crippen LogP contribution in [0.4, 0.5) is 11.4 Å². The number of rotatable bonds is 6. The van der Waals surface area contributed by atoms with E-state index in [1.165, 1.54) is 6.20 Å². The summed E-state index contributed by atoms with van der Waals surface area (Å²) in [6.07, 6.45) is 1.38. The second-order valence-corrected chi connectivity index (χ2v) is 5.61. The molecule has 0 atom stereocenters. The number of hydrogen-bond donors (Lipinski definition) is 3. The van der Waals surface area contributed by atoms with Crippen LogP contribution in [0, 0.1) is 18.3 Å². The SMILES string of the molecule is Cc1ccc(N/C=C(/C#N)C(=O)NCCN2CCOCC2)c(N)c1. The normalized spacial score (nSPS) is 15.6. The summed E-state index contributed by atoms with van der Waals surface area (Å²) in [5.41, 5.74) is 8.18. The summed E-state index contributed by atoms with van der Waals surface area (Å²) in [6, 6.07) is 7.44. The van der Waals surface area contributed by atoms with Crippen LogP contribution in [-0.2, 0) is 9.53 Å². The molecule has 1 aromatic rings. The maximum absolute atomic E-state index is 12.1. The highest BCUT2D eigenvalue weighted by Crippen LogP contribution is 2.19. The lowest BCUT2D eigenvalue weighted by atomic mass is 10.2. The van der Waals surface area contributed by atoms with E-state index in [1.54, 1.807) is 0 Å². The summed E-state index contributed by atoms with van der Waals surface area (Å²) in [5.74, 6) is -0.399. The van der Waals surface area contributed by atoms with E-state index in [4.69, 9.17) is 15.7 Å². The molecule has 0 saturated carbocycles. The van der Waals surface area contributed by atoms with Gasteiger partial charge in [-0.25, -0.2) is 0 Å². The van der Waals surface area contributed by atoms with E-state index >= 15 is 0 Å². The third-order valence-electron chi connectivity index (χ3n) is 3.76. The van der Waals surface area contributed by atoms with Crippen LogP contribution in [0.5, 0.6) is 0 Å². The first-order valence-corrected chi connectivity index (χ1v) is 7.91. The van der Waals surface area contributed by atoms with Crippen LogP contribution in [0.15, 0.2) is 30.0 Å². The largest absolute Gasteiger partial charge is 0.397 e. The first-order chi connectivity index (χ1) is 11.6. The summed E-state index contributed by atoms with van der Waals surface area (Å²) < 4.78 is 5.27. The number of nitrogens with two attached hydrogens (primary N) is 1. The van der Waals surface area contributed by atoms with Gasteiger partial charge in [0.25, 0.3) is 5.91 Å². The first-order valence-electron chi connectivity index (χ1n) is 7.91. The van der Waals surface area contributed by atoms with Crippen LogP contribution in [0.1, 0.15) is 5.56 Å². The van der Waals surface area contributed by atoms with Crippen LogP contribution < -0.4 is 16.4 Å². The Morgan fingerprint density at radius 1 is 1.46 bits per heavy atom. The Kier molecular flexibility index (Phi) is 6.61. The van der Waals surface area contributed by atoms with Gasteiger partial charge in [-0.3, -0.25) is 9.69 Å². The van der Waals surface area contributed by atoms with Crippen LogP contribution in [0.2, 0.25) is 0 Å². The molecular formula is C17H23N5O2. The van der Waals surface area contributed by atoms with Gasteiger partial charge >= 0.3 is 0 Å². The molecule has 0 spiro atoms. The number of hydrogen-bond acceptors (Lipinski definition) is 6. The average Bonchev–Trinajstić information content (AvgIpc) is 2.58. The Morgan fingerprint density at radius 3 is 2.88 bits per heavy atom. The standard InChI is InChI=1S/C17H23N5O2/c1-13-2-3-16(15(19)10-13)21-12-14(11-18)17(23)20-4-5-22-6-8-24-9-7-22/h2-3,10,12,21H,4-9,19H2,1H3,(H,20,23)/b14-12-. The molecule has 0 aliphatic carbocycles. The summed E-state index contributed by atoms with van der Waals surface area (Å²) in [7, 11) is 0. The van der Waals surface area contributed by atoms with Crippen molar-refractivity contribution in [2.24, 2.45) is 0 Å². The number of nitriles is 1. The molecule has 0 bridgehead atoms. The topological polar surface area (TPSA) is 103 Å². The molecule has 1 amide bonds. The quantitative estimate of drug-likeness (QED) is 0.406. The summed E-state index contributed by atoms with van der Waals surface area (Å²) >= 11 is 0. The van der Waals surface area contributed by atoms with Crippen molar-refractivity contribution in [1.82, 2.24) is 10.2 Å². The van der Waals surface area contributed by atoms with E-state index in [2.05, 4.69) is 15.5 Å². The zero-order valence-electron chi connectivity index (χ0n) is 13.8. The molecule has 128 valence electrons. The molecule has 1 saturated heterocycles. The third kappa shape index (κ3) is 5.26. The molecule has 4 N–H and O–H groups in total. The number of carbonyl (C=O) groups excluding carboxylic acids is 1. The van der Waals surface area contributed by atoms with Crippen molar-refractivity contribution in [2.45, 2.75) is 6.92 Å².